The average molecular weight is 344 g/mol. The molecule has 5 heteroatoms. The van der Waals surface area contributed by atoms with E-state index in [2.05, 4.69) is 21.2 Å². The molecule has 0 aromatic heterocycles. The largest absolute Gasteiger partial charge is 0.416 e. The molecule has 0 aliphatic rings. The van der Waals surface area contributed by atoms with Crippen molar-refractivity contribution >= 4 is 15.9 Å². The molecule has 0 saturated heterocycles. The number of halogens is 4. The molecular weight excluding hydrogens is 331 g/mol. The van der Waals surface area contributed by atoms with Crippen LogP contribution in [0.3, 0.4) is 0 Å². The van der Waals surface area contributed by atoms with Gasteiger partial charge in [-0.15, -0.1) is 0 Å². The first kappa shape index (κ1) is 15.1. The first-order valence-electron chi connectivity index (χ1n) is 6.06. The van der Waals surface area contributed by atoms with Gasteiger partial charge in [0.25, 0.3) is 0 Å². The highest BCUT2D eigenvalue weighted by Gasteiger charge is 2.29. The third kappa shape index (κ3) is 4.35. The maximum atomic E-state index is 12.4. The molecule has 0 radical (unpaired) electrons. The maximum absolute atomic E-state index is 12.4. The van der Waals surface area contributed by atoms with Crippen molar-refractivity contribution in [1.29, 1.82) is 0 Å². The van der Waals surface area contributed by atoms with E-state index in [-0.39, 0.29) is 0 Å². The van der Waals surface area contributed by atoms with Gasteiger partial charge >= 0.3 is 6.18 Å². The van der Waals surface area contributed by atoms with Crippen LogP contribution >= 0.6 is 15.9 Å². The maximum Gasteiger partial charge on any atom is 0.416 e. The fraction of sp³-hybridized carbons (Fsp3) is 0.200. The van der Waals surface area contributed by atoms with Gasteiger partial charge in [0.2, 0.25) is 0 Å². The highest BCUT2D eigenvalue weighted by molar-refractivity contribution is 9.10. The van der Waals surface area contributed by atoms with Gasteiger partial charge in [0.1, 0.15) is 0 Å². The third-order valence-corrected chi connectivity index (χ3v) is 3.32. The zero-order chi connectivity index (χ0) is 14.6. The van der Waals surface area contributed by atoms with Crippen molar-refractivity contribution in [1.82, 2.24) is 5.32 Å². The van der Waals surface area contributed by atoms with Gasteiger partial charge in [-0.1, -0.05) is 40.2 Å². The lowest BCUT2D eigenvalue weighted by Gasteiger charge is -2.08. The van der Waals surface area contributed by atoms with E-state index in [0.717, 1.165) is 27.7 Å². The summed E-state index contributed by atoms with van der Waals surface area (Å²) in [5.41, 5.74) is 1.33. The van der Waals surface area contributed by atoms with Crippen molar-refractivity contribution in [2.24, 2.45) is 0 Å². The van der Waals surface area contributed by atoms with Gasteiger partial charge in [0.15, 0.2) is 0 Å². The normalized spacial score (nSPS) is 11.6. The minimum absolute atomic E-state index is 0.532. The second-order valence-electron chi connectivity index (χ2n) is 4.43. The summed E-state index contributed by atoms with van der Waals surface area (Å²) >= 11 is 3.39. The Balaban J connectivity index is 1.88. The van der Waals surface area contributed by atoms with Crippen LogP contribution in [0.4, 0.5) is 13.2 Å². The molecule has 0 amide bonds. The van der Waals surface area contributed by atoms with Crippen molar-refractivity contribution in [2.75, 3.05) is 0 Å². The number of nitrogens with one attached hydrogen (secondary N) is 1. The summed E-state index contributed by atoms with van der Waals surface area (Å²) in [6.07, 6.45) is -4.28. The van der Waals surface area contributed by atoms with Crippen LogP contribution < -0.4 is 5.32 Å². The second-order valence-corrected chi connectivity index (χ2v) is 5.34. The number of hydrogen-bond donors (Lipinski definition) is 1. The molecule has 1 N–H and O–H groups in total. The molecule has 2 aromatic rings. The zero-order valence-electron chi connectivity index (χ0n) is 10.5. The molecule has 0 aliphatic heterocycles. The molecule has 20 heavy (non-hydrogen) atoms. The molecule has 0 saturated carbocycles. The Bertz CT molecular complexity index is 564. The molecule has 1 nitrogen and oxygen atoms in total. The van der Waals surface area contributed by atoms with Gasteiger partial charge in [-0.25, -0.2) is 0 Å². The van der Waals surface area contributed by atoms with Gasteiger partial charge in [-0.2, -0.15) is 13.2 Å². The Morgan fingerprint density at radius 1 is 0.900 bits per heavy atom. The van der Waals surface area contributed by atoms with E-state index in [1.165, 1.54) is 12.1 Å². The minimum Gasteiger partial charge on any atom is -0.309 e. The van der Waals surface area contributed by atoms with Gasteiger partial charge in [-0.3, -0.25) is 0 Å². The SMILES string of the molecule is FC(F)(F)c1ccc(CNCc2cccc(Br)c2)cc1. The molecule has 0 heterocycles. The van der Waals surface area contributed by atoms with Crippen LogP contribution in [0.2, 0.25) is 0 Å². The summed E-state index contributed by atoms with van der Waals surface area (Å²) in [7, 11) is 0. The van der Waals surface area contributed by atoms with E-state index < -0.39 is 11.7 Å². The van der Waals surface area contributed by atoms with Crippen molar-refractivity contribution in [3.05, 3.63) is 69.7 Å². The van der Waals surface area contributed by atoms with Crippen molar-refractivity contribution < 1.29 is 13.2 Å². The standard InChI is InChI=1S/C15H13BrF3N/c16-14-3-1-2-12(8-14)10-20-9-11-4-6-13(7-5-11)15(17,18)19/h1-8,20H,9-10H2. The Morgan fingerprint density at radius 3 is 2.15 bits per heavy atom. The van der Waals surface area contributed by atoms with E-state index in [4.69, 9.17) is 0 Å². The van der Waals surface area contributed by atoms with Crippen LogP contribution in [-0.2, 0) is 19.3 Å². The minimum atomic E-state index is -4.28. The highest BCUT2D eigenvalue weighted by atomic mass is 79.9. The summed E-state index contributed by atoms with van der Waals surface area (Å²) in [4.78, 5) is 0. The van der Waals surface area contributed by atoms with Gasteiger partial charge in [-0.05, 0) is 35.4 Å². The average Bonchev–Trinajstić information content (AvgIpc) is 2.38. The summed E-state index contributed by atoms with van der Waals surface area (Å²) in [6, 6.07) is 13.1. The molecule has 106 valence electrons. The lowest BCUT2D eigenvalue weighted by Crippen LogP contribution is -2.13. The molecule has 0 unspecified atom stereocenters. The molecular formula is C15H13BrF3N. The van der Waals surface area contributed by atoms with Gasteiger partial charge in [0, 0.05) is 17.6 Å². The van der Waals surface area contributed by atoms with Crippen molar-refractivity contribution in [2.45, 2.75) is 19.3 Å². The van der Waals surface area contributed by atoms with Crippen molar-refractivity contribution in [3.63, 3.8) is 0 Å². The lowest BCUT2D eigenvalue weighted by atomic mass is 10.1. The van der Waals surface area contributed by atoms with E-state index in [1.807, 2.05) is 24.3 Å². The van der Waals surface area contributed by atoms with Gasteiger partial charge in [0.05, 0.1) is 5.56 Å². The third-order valence-electron chi connectivity index (χ3n) is 2.83. The Labute approximate surface area is 123 Å². The molecule has 0 bridgehead atoms. The quantitative estimate of drug-likeness (QED) is 0.843. The monoisotopic (exact) mass is 343 g/mol. The lowest BCUT2D eigenvalue weighted by molar-refractivity contribution is -0.137. The smallest absolute Gasteiger partial charge is 0.309 e. The van der Waals surface area contributed by atoms with Crippen LogP contribution in [0, 0.1) is 0 Å². The molecule has 2 rings (SSSR count). The second kappa shape index (κ2) is 6.41. The molecule has 0 spiro atoms. The molecule has 2 aromatic carbocycles. The van der Waals surface area contributed by atoms with E-state index in [1.54, 1.807) is 0 Å². The van der Waals surface area contributed by atoms with Crippen molar-refractivity contribution in [3.8, 4) is 0 Å². The van der Waals surface area contributed by atoms with Crippen LogP contribution in [0.25, 0.3) is 0 Å². The number of alkyl halides is 3. The predicted octanol–water partition coefficient (Wildman–Crippen LogP) is 4.76. The van der Waals surface area contributed by atoms with E-state index in [9.17, 15) is 13.2 Å². The summed E-state index contributed by atoms with van der Waals surface area (Å²) in [5.74, 6) is 0. The molecule has 0 atom stereocenters. The van der Waals surface area contributed by atoms with Crippen LogP contribution in [0.1, 0.15) is 16.7 Å². The fourth-order valence-electron chi connectivity index (χ4n) is 1.81. The summed E-state index contributed by atoms with van der Waals surface area (Å²) in [5, 5.41) is 3.20. The Hall–Kier alpha value is -1.33. The predicted molar refractivity (Wildman–Crippen MR) is 76.1 cm³/mol. The number of rotatable bonds is 4. The fourth-order valence-corrected chi connectivity index (χ4v) is 2.26. The number of hydrogen-bond acceptors (Lipinski definition) is 1. The first-order chi connectivity index (χ1) is 9.45. The number of benzene rings is 2. The van der Waals surface area contributed by atoms with E-state index >= 15 is 0 Å². The van der Waals surface area contributed by atoms with Crippen LogP contribution in [-0.4, -0.2) is 0 Å². The summed E-state index contributed by atoms with van der Waals surface area (Å²) in [6.45, 7) is 1.20. The zero-order valence-corrected chi connectivity index (χ0v) is 12.1. The Morgan fingerprint density at radius 2 is 1.55 bits per heavy atom. The highest BCUT2D eigenvalue weighted by Crippen LogP contribution is 2.29. The topological polar surface area (TPSA) is 12.0 Å². The molecule has 0 fully saturated rings. The van der Waals surface area contributed by atoms with E-state index in [0.29, 0.717) is 13.1 Å². The van der Waals surface area contributed by atoms with Crippen LogP contribution in [0.15, 0.2) is 53.0 Å². The molecule has 0 aliphatic carbocycles. The Kier molecular flexibility index (Phi) is 4.83. The first-order valence-corrected chi connectivity index (χ1v) is 6.86. The van der Waals surface area contributed by atoms with Crippen LogP contribution in [0.5, 0.6) is 0 Å². The van der Waals surface area contributed by atoms with Gasteiger partial charge < -0.3 is 5.32 Å². The summed E-state index contributed by atoms with van der Waals surface area (Å²) < 4.78 is 38.2.